The number of ether oxygens (including phenoxy) is 2. The van der Waals surface area contributed by atoms with Gasteiger partial charge < -0.3 is 19.5 Å². The SMILES string of the molecule is CC(C)(C)OC(=O)N(CCC(=O)O)CC(=O)N1CCc2cc(OCc3ccc(C4CCC4)c(C(F)(F)F)c3)ccc21. The number of carboxylic acids is 1. The topological polar surface area (TPSA) is 96.4 Å². The van der Waals surface area contributed by atoms with Crippen LogP contribution in [0.5, 0.6) is 5.75 Å². The molecule has 1 aliphatic heterocycles. The Hall–Kier alpha value is -3.76. The molecule has 11 heteroatoms. The molecule has 0 spiro atoms. The fraction of sp³-hybridized carbons (Fsp3) is 0.500. The molecule has 1 aliphatic carbocycles. The Bertz CT molecular complexity index is 1300. The number of amides is 2. The molecule has 1 heterocycles. The van der Waals surface area contributed by atoms with Gasteiger partial charge in [0.05, 0.1) is 12.0 Å². The van der Waals surface area contributed by atoms with Gasteiger partial charge >= 0.3 is 18.2 Å². The standard InChI is InChI=1S/C30H35F3N2O6/c1-29(2,3)41-28(39)34(13-12-27(37)38)17-26(36)35-14-11-21-16-22(8-10-25(21)35)40-18-19-7-9-23(20-5-4-6-20)24(15-19)30(31,32)33/h7-10,15-16,20H,4-6,11-14,17-18H2,1-3H3,(H,37,38). The maximum absolute atomic E-state index is 13.7. The van der Waals surface area contributed by atoms with E-state index in [9.17, 15) is 27.6 Å². The molecule has 0 saturated heterocycles. The smallest absolute Gasteiger partial charge is 0.416 e. The van der Waals surface area contributed by atoms with Gasteiger partial charge in [0.1, 0.15) is 24.5 Å². The van der Waals surface area contributed by atoms with Crippen LogP contribution in [-0.2, 0) is 33.5 Å². The first-order chi connectivity index (χ1) is 19.2. The molecule has 0 radical (unpaired) electrons. The minimum absolute atomic E-state index is 0.0378. The summed E-state index contributed by atoms with van der Waals surface area (Å²) in [7, 11) is 0. The monoisotopic (exact) mass is 576 g/mol. The number of fused-ring (bicyclic) bond motifs is 1. The van der Waals surface area contributed by atoms with Gasteiger partial charge in [-0.3, -0.25) is 14.5 Å². The van der Waals surface area contributed by atoms with E-state index < -0.39 is 29.4 Å². The number of hydrogen-bond acceptors (Lipinski definition) is 5. The van der Waals surface area contributed by atoms with Crippen LogP contribution in [0.1, 0.15) is 74.6 Å². The van der Waals surface area contributed by atoms with Gasteiger partial charge in [-0.25, -0.2) is 4.79 Å². The van der Waals surface area contributed by atoms with E-state index in [-0.39, 0.29) is 37.9 Å². The molecule has 2 aromatic carbocycles. The molecule has 8 nitrogen and oxygen atoms in total. The Balaban J connectivity index is 1.42. The number of carboxylic acid groups (broad SMARTS) is 1. The second-order valence-electron chi connectivity index (χ2n) is 11.5. The van der Waals surface area contributed by atoms with E-state index in [2.05, 4.69) is 0 Å². The quantitative estimate of drug-likeness (QED) is 0.385. The molecule has 0 unspecified atom stereocenters. The van der Waals surface area contributed by atoms with Crippen molar-refractivity contribution >= 4 is 23.7 Å². The summed E-state index contributed by atoms with van der Waals surface area (Å²) in [6, 6.07) is 9.51. The predicted octanol–water partition coefficient (Wildman–Crippen LogP) is 6.15. The van der Waals surface area contributed by atoms with Crippen LogP contribution in [0.2, 0.25) is 0 Å². The number of carbonyl (C=O) groups is 3. The first kappa shape index (κ1) is 30.2. The number of nitrogens with zero attached hydrogens (tertiary/aromatic N) is 2. The number of benzene rings is 2. The summed E-state index contributed by atoms with van der Waals surface area (Å²) in [5.74, 6) is -1.07. The summed E-state index contributed by atoms with van der Waals surface area (Å²) in [4.78, 5) is 39.4. The Morgan fingerprint density at radius 3 is 2.41 bits per heavy atom. The van der Waals surface area contributed by atoms with E-state index in [1.807, 2.05) is 0 Å². The van der Waals surface area contributed by atoms with Gasteiger partial charge in [-0.15, -0.1) is 0 Å². The van der Waals surface area contributed by atoms with Gasteiger partial charge in [-0.05, 0) is 86.9 Å². The first-order valence-corrected chi connectivity index (χ1v) is 13.7. The summed E-state index contributed by atoms with van der Waals surface area (Å²) in [5, 5.41) is 9.05. The average molecular weight is 577 g/mol. The molecule has 1 N–H and O–H groups in total. The second-order valence-corrected chi connectivity index (χ2v) is 11.5. The first-order valence-electron chi connectivity index (χ1n) is 13.7. The highest BCUT2D eigenvalue weighted by Gasteiger charge is 2.37. The molecule has 4 rings (SSSR count). The van der Waals surface area contributed by atoms with E-state index in [0.717, 1.165) is 29.7 Å². The van der Waals surface area contributed by atoms with Crippen molar-refractivity contribution in [3.8, 4) is 5.75 Å². The van der Waals surface area contributed by atoms with Crippen molar-refractivity contribution in [3.63, 3.8) is 0 Å². The normalized spacial score (nSPS) is 15.2. The highest BCUT2D eigenvalue weighted by atomic mass is 19.4. The third-order valence-corrected chi connectivity index (χ3v) is 7.19. The summed E-state index contributed by atoms with van der Waals surface area (Å²) in [6.45, 7) is 4.83. The summed E-state index contributed by atoms with van der Waals surface area (Å²) in [6.07, 6.45) is -2.53. The zero-order valence-corrected chi connectivity index (χ0v) is 23.4. The average Bonchev–Trinajstić information content (AvgIpc) is 3.26. The number of aliphatic carboxylic acids is 1. The molecule has 0 bridgehead atoms. The van der Waals surface area contributed by atoms with Crippen molar-refractivity contribution in [1.29, 1.82) is 0 Å². The molecule has 2 aromatic rings. The van der Waals surface area contributed by atoms with Crippen LogP contribution < -0.4 is 9.64 Å². The van der Waals surface area contributed by atoms with Gasteiger partial charge in [0.15, 0.2) is 0 Å². The molecule has 0 atom stereocenters. The van der Waals surface area contributed by atoms with Gasteiger partial charge in [0.25, 0.3) is 0 Å². The van der Waals surface area contributed by atoms with E-state index >= 15 is 0 Å². The van der Waals surface area contributed by atoms with Gasteiger partial charge in [-0.1, -0.05) is 18.6 Å². The molecular weight excluding hydrogens is 541 g/mol. The minimum atomic E-state index is -4.43. The minimum Gasteiger partial charge on any atom is -0.489 e. The van der Waals surface area contributed by atoms with Crippen molar-refractivity contribution in [2.24, 2.45) is 0 Å². The number of anilines is 1. The molecule has 1 fully saturated rings. The zero-order chi connectivity index (χ0) is 29.9. The van der Waals surface area contributed by atoms with Gasteiger partial charge in [-0.2, -0.15) is 13.2 Å². The molecule has 222 valence electrons. The highest BCUT2D eigenvalue weighted by Crippen LogP contribution is 2.43. The molecule has 2 aliphatic rings. The Labute approximate surface area is 237 Å². The van der Waals surface area contributed by atoms with E-state index in [4.69, 9.17) is 14.6 Å². The number of rotatable bonds is 9. The fourth-order valence-corrected chi connectivity index (χ4v) is 4.95. The van der Waals surface area contributed by atoms with Crippen LogP contribution in [0.15, 0.2) is 36.4 Å². The summed E-state index contributed by atoms with van der Waals surface area (Å²) >= 11 is 0. The van der Waals surface area contributed by atoms with Gasteiger partial charge in [0.2, 0.25) is 5.91 Å². The molecular formula is C30H35F3N2O6. The summed E-state index contributed by atoms with van der Waals surface area (Å²) < 4.78 is 52.3. The Kier molecular flexibility index (Phi) is 8.84. The number of hydrogen-bond donors (Lipinski definition) is 1. The number of halogens is 3. The lowest BCUT2D eigenvalue weighted by atomic mass is 9.78. The van der Waals surface area contributed by atoms with Crippen molar-refractivity contribution in [3.05, 3.63) is 58.7 Å². The lowest BCUT2D eigenvalue weighted by Gasteiger charge is -2.29. The van der Waals surface area contributed by atoms with Crippen LogP contribution in [0.25, 0.3) is 0 Å². The highest BCUT2D eigenvalue weighted by molar-refractivity contribution is 5.98. The Morgan fingerprint density at radius 2 is 1.80 bits per heavy atom. The Morgan fingerprint density at radius 1 is 1.07 bits per heavy atom. The lowest BCUT2D eigenvalue weighted by Crippen LogP contribution is -2.45. The van der Waals surface area contributed by atoms with Crippen molar-refractivity contribution in [2.45, 2.75) is 77.2 Å². The lowest BCUT2D eigenvalue weighted by molar-refractivity contribution is -0.139. The van der Waals surface area contributed by atoms with Crippen LogP contribution in [0.3, 0.4) is 0 Å². The largest absolute Gasteiger partial charge is 0.489 e. The summed E-state index contributed by atoms with van der Waals surface area (Å²) in [5.41, 5.74) is 0.806. The predicted molar refractivity (Wildman–Crippen MR) is 145 cm³/mol. The van der Waals surface area contributed by atoms with Crippen LogP contribution in [-0.4, -0.2) is 53.2 Å². The maximum Gasteiger partial charge on any atom is 0.416 e. The number of alkyl halides is 3. The van der Waals surface area contributed by atoms with Crippen molar-refractivity contribution in [2.75, 3.05) is 24.5 Å². The van der Waals surface area contributed by atoms with Crippen LogP contribution >= 0.6 is 0 Å². The molecule has 2 amide bonds. The van der Waals surface area contributed by atoms with Crippen molar-refractivity contribution < 1.29 is 42.1 Å². The van der Waals surface area contributed by atoms with Crippen molar-refractivity contribution in [1.82, 2.24) is 4.90 Å². The fourth-order valence-electron chi connectivity index (χ4n) is 4.95. The maximum atomic E-state index is 13.7. The van der Waals surface area contributed by atoms with E-state index in [1.54, 1.807) is 51.1 Å². The molecule has 41 heavy (non-hydrogen) atoms. The van der Waals surface area contributed by atoms with Crippen LogP contribution in [0, 0.1) is 0 Å². The number of carbonyl (C=O) groups excluding carboxylic acids is 2. The van der Waals surface area contributed by atoms with E-state index in [0.29, 0.717) is 35.5 Å². The zero-order valence-electron chi connectivity index (χ0n) is 23.4. The third kappa shape index (κ3) is 7.71. The van der Waals surface area contributed by atoms with Crippen LogP contribution in [0.4, 0.5) is 23.7 Å². The second kappa shape index (κ2) is 12.0. The molecule has 1 saturated carbocycles. The van der Waals surface area contributed by atoms with E-state index in [1.165, 1.54) is 11.0 Å². The third-order valence-electron chi connectivity index (χ3n) is 7.19. The van der Waals surface area contributed by atoms with Gasteiger partial charge in [0, 0.05) is 18.8 Å². The molecule has 0 aromatic heterocycles.